The Bertz CT molecular complexity index is 645. The number of fused-ring (bicyclic) bond motifs is 1. The first-order valence-electron chi connectivity index (χ1n) is 8.68. The van der Waals surface area contributed by atoms with Crippen molar-refractivity contribution in [3.05, 3.63) is 54.1 Å². The molecule has 24 heavy (non-hydrogen) atoms. The highest BCUT2D eigenvalue weighted by molar-refractivity contribution is 5.53. The number of hydrogen-bond donors (Lipinski definition) is 2. The van der Waals surface area contributed by atoms with E-state index in [4.69, 9.17) is 9.47 Å². The molecule has 4 heteroatoms. The van der Waals surface area contributed by atoms with Gasteiger partial charge in [0.15, 0.2) is 11.5 Å². The molecule has 0 aromatic heterocycles. The Morgan fingerprint density at radius 3 is 2.71 bits per heavy atom. The van der Waals surface area contributed by atoms with Crippen LogP contribution in [0.3, 0.4) is 0 Å². The summed E-state index contributed by atoms with van der Waals surface area (Å²) >= 11 is 0. The highest BCUT2D eigenvalue weighted by atomic mass is 16.5. The quantitative estimate of drug-likeness (QED) is 0.729. The SMILES string of the molecule is COc1ccccc1OCCNCCC1CCc2ccccc2N1. The molecule has 1 unspecified atom stereocenters. The largest absolute Gasteiger partial charge is 0.493 e. The van der Waals surface area contributed by atoms with E-state index in [1.54, 1.807) is 7.11 Å². The zero-order valence-electron chi connectivity index (χ0n) is 14.3. The summed E-state index contributed by atoms with van der Waals surface area (Å²) in [4.78, 5) is 0. The molecular formula is C20H26N2O2. The summed E-state index contributed by atoms with van der Waals surface area (Å²) in [6, 6.07) is 16.9. The van der Waals surface area contributed by atoms with Gasteiger partial charge in [0.25, 0.3) is 0 Å². The van der Waals surface area contributed by atoms with Crippen molar-refractivity contribution in [2.45, 2.75) is 25.3 Å². The minimum atomic E-state index is 0.558. The van der Waals surface area contributed by atoms with Crippen molar-refractivity contribution in [1.29, 1.82) is 0 Å². The normalized spacial score (nSPS) is 16.1. The Labute approximate surface area is 144 Å². The summed E-state index contributed by atoms with van der Waals surface area (Å²) in [5.41, 5.74) is 2.74. The van der Waals surface area contributed by atoms with Crippen molar-refractivity contribution in [2.24, 2.45) is 0 Å². The fraction of sp³-hybridized carbons (Fsp3) is 0.400. The van der Waals surface area contributed by atoms with Crippen molar-refractivity contribution in [3.63, 3.8) is 0 Å². The molecule has 2 aromatic carbocycles. The third-order valence-electron chi connectivity index (χ3n) is 4.41. The summed E-state index contributed by atoms with van der Waals surface area (Å²) in [5, 5.41) is 7.10. The maximum Gasteiger partial charge on any atom is 0.161 e. The molecule has 0 radical (unpaired) electrons. The molecule has 1 atom stereocenters. The molecule has 1 aliphatic heterocycles. The van der Waals surface area contributed by atoms with Gasteiger partial charge in [0, 0.05) is 18.3 Å². The minimum Gasteiger partial charge on any atom is -0.493 e. The highest BCUT2D eigenvalue weighted by Crippen LogP contribution is 2.26. The Balaban J connectivity index is 1.32. The molecule has 0 fully saturated rings. The van der Waals surface area contributed by atoms with Crippen molar-refractivity contribution in [3.8, 4) is 11.5 Å². The molecule has 2 aromatic rings. The van der Waals surface area contributed by atoms with Gasteiger partial charge in [-0.3, -0.25) is 0 Å². The Morgan fingerprint density at radius 2 is 1.83 bits per heavy atom. The number of hydrogen-bond acceptors (Lipinski definition) is 4. The molecule has 3 rings (SSSR count). The first-order chi connectivity index (χ1) is 11.9. The van der Waals surface area contributed by atoms with E-state index in [0.717, 1.165) is 31.0 Å². The number of methoxy groups -OCH3 is 1. The highest BCUT2D eigenvalue weighted by Gasteiger charge is 2.16. The lowest BCUT2D eigenvalue weighted by Crippen LogP contribution is -2.31. The van der Waals surface area contributed by atoms with Crippen molar-refractivity contribution in [1.82, 2.24) is 5.32 Å². The molecule has 0 amide bonds. The number of nitrogens with one attached hydrogen (secondary N) is 2. The van der Waals surface area contributed by atoms with E-state index in [1.165, 1.54) is 24.1 Å². The summed E-state index contributed by atoms with van der Waals surface area (Å²) in [5.74, 6) is 1.58. The first kappa shape index (κ1) is 16.7. The Kier molecular flexibility index (Phi) is 5.96. The average molecular weight is 326 g/mol. The van der Waals surface area contributed by atoms with Gasteiger partial charge in [-0.15, -0.1) is 0 Å². The van der Waals surface area contributed by atoms with Gasteiger partial charge >= 0.3 is 0 Å². The van der Waals surface area contributed by atoms with Crippen LogP contribution in [0.5, 0.6) is 11.5 Å². The number of rotatable bonds is 8. The second kappa shape index (κ2) is 8.60. The number of para-hydroxylation sites is 3. The fourth-order valence-electron chi connectivity index (χ4n) is 3.09. The summed E-state index contributed by atoms with van der Waals surface area (Å²) in [6.45, 7) is 2.47. The smallest absolute Gasteiger partial charge is 0.161 e. The van der Waals surface area contributed by atoms with Crippen LogP contribution in [0.2, 0.25) is 0 Å². The summed E-state index contributed by atoms with van der Waals surface area (Å²) < 4.78 is 11.0. The van der Waals surface area contributed by atoms with Crippen LogP contribution in [0.25, 0.3) is 0 Å². The second-order valence-electron chi connectivity index (χ2n) is 6.08. The van der Waals surface area contributed by atoms with Crippen molar-refractivity contribution < 1.29 is 9.47 Å². The Hall–Kier alpha value is -2.20. The Morgan fingerprint density at radius 1 is 1.04 bits per heavy atom. The van der Waals surface area contributed by atoms with Crippen LogP contribution in [0.15, 0.2) is 48.5 Å². The molecule has 128 valence electrons. The number of benzene rings is 2. The van der Waals surface area contributed by atoms with Gasteiger partial charge in [-0.1, -0.05) is 30.3 Å². The molecule has 0 saturated carbocycles. The van der Waals surface area contributed by atoms with Gasteiger partial charge in [0.2, 0.25) is 0 Å². The van der Waals surface area contributed by atoms with Gasteiger partial charge in [-0.25, -0.2) is 0 Å². The monoisotopic (exact) mass is 326 g/mol. The van der Waals surface area contributed by atoms with Crippen LogP contribution in [-0.2, 0) is 6.42 Å². The lowest BCUT2D eigenvalue weighted by molar-refractivity contribution is 0.291. The van der Waals surface area contributed by atoms with Crippen LogP contribution in [0.1, 0.15) is 18.4 Å². The van der Waals surface area contributed by atoms with Crippen molar-refractivity contribution in [2.75, 3.05) is 32.1 Å². The third-order valence-corrected chi connectivity index (χ3v) is 4.41. The molecule has 0 spiro atoms. The predicted molar refractivity (Wildman–Crippen MR) is 98.1 cm³/mol. The molecule has 0 bridgehead atoms. The van der Waals surface area contributed by atoms with Crippen LogP contribution in [0.4, 0.5) is 5.69 Å². The first-order valence-corrected chi connectivity index (χ1v) is 8.68. The van der Waals surface area contributed by atoms with Gasteiger partial charge in [-0.05, 0) is 49.6 Å². The maximum absolute atomic E-state index is 5.76. The van der Waals surface area contributed by atoms with Crippen LogP contribution < -0.4 is 20.1 Å². The van der Waals surface area contributed by atoms with E-state index in [2.05, 4.69) is 34.9 Å². The molecule has 1 heterocycles. The average Bonchev–Trinajstić information content (AvgIpc) is 2.64. The molecule has 2 N–H and O–H groups in total. The lowest BCUT2D eigenvalue weighted by Gasteiger charge is -2.27. The van der Waals surface area contributed by atoms with Crippen LogP contribution >= 0.6 is 0 Å². The van der Waals surface area contributed by atoms with Gasteiger partial charge in [0.1, 0.15) is 6.61 Å². The van der Waals surface area contributed by atoms with E-state index in [1.807, 2.05) is 24.3 Å². The van der Waals surface area contributed by atoms with Gasteiger partial charge in [-0.2, -0.15) is 0 Å². The second-order valence-corrected chi connectivity index (χ2v) is 6.08. The molecule has 4 nitrogen and oxygen atoms in total. The zero-order chi connectivity index (χ0) is 16.6. The maximum atomic E-state index is 5.76. The van der Waals surface area contributed by atoms with E-state index >= 15 is 0 Å². The topological polar surface area (TPSA) is 42.5 Å². The predicted octanol–water partition coefficient (Wildman–Crippen LogP) is 3.48. The van der Waals surface area contributed by atoms with E-state index in [0.29, 0.717) is 12.6 Å². The zero-order valence-corrected chi connectivity index (χ0v) is 14.3. The molecule has 0 aliphatic carbocycles. The molecule has 0 saturated heterocycles. The van der Waals surface area contributed by atoms with E-state index < -0.39 is 0 Å². The van der Waals surface area contributed by atoms with Crippen LogP contribution in [0, 0.1) is 0 Å². The van der Waals surface area contributed by atoms with Crippen LogP contribution in [-0.4, -0.2) is 32.8 Å². The lowest BCUT2D eigenvalue weighted by atomic mass is 9.96. The summed E-state index contributed by atoms with van der Waals surface area (Å²) in [6.07, 6.45) is 3.50. The molecule has 1 aliphatic rings. The minimum absolute atomic E-state index is 0.558. The van der Waals surface area contributed by atoms with E-state index in [9.17, 15) is 0 Å². The third kappa shape index (κ3) is 4.42. The summed E-state index contributed by atoms with van der Waals surface area (Å²) in [7, 11) is 1.66. The van der Waals surface area contributed by atoms with Gasteiger partial charge in [0.05, 0.1) is 7.11 Å². The van der Waals surface area contributed by atoms with E-state index in [-0.39, 0.29) is 0 Å². The fourth-order valence-corrected chi connectivity index (χ4v) is 3.09. The number of anilines is 1. The van der Waals surface area contributed by atoms with Crippen molar-refractivity contribution >= 4 is 5.69 Å². The van der Waals surface area contributed by atoms with Gasteiger partial charge < -0.3 is 20.1 Å². The number of ether oxygens (including phenoxy) is 2. The number of aryl methyl sites for hydroxylation is 1. The standard InChI is InChI=1S/C20H26N2O2/c1-23-19-8-4-5-9-20(19)24-15-14-21-13-12-17-11-10-16-6-2-3-7-18(16)22-17/h2-9,17,21-22H,10-15H2,1H3. The molecular weight excluding hydrogens is 300 g/mol.